The Hall–Kier alpha value is -3.14. The van der Waals surface area contributed by atoms with Crippen molar-refractivity contribution < 1.29 is 0 Å². The first kappa shape index (κ1) is 20.1. The summed E-state index contributed by atoms with van der Waals surface area (Å²) in [6, 6.07) is 20.4. The van der Waals surface area contributed by atoms with Crippen molar-refractivity contribution in [2.24, 2.45) is 0 Å². The number of pyridine rings is 2. The Labute approximate surface area is 177 Å². The van der Waals surface area contributed by atoms with Crippen LogP contribution in [0.15, 0.2) is 60.7 Å². The number of para-hydroxylation sites is 2. The van der Waals surface area contributed by atoms with E-state index in [9.17, 15) is 0 Å². The molecule has 4 rings (SSSR count). The summed E-state index contributed by atoms with van der Waals surface area (Å²) in [6.45, 7) is 6.19. The van der Waals surface area contributed by atoms with Crippen LogP contribution in [0.25, 0.3) is 21.8 Å². The Morgan fingerprint density at radius 1 is 0.600 bits per heavy atom. The summed E-state index contributed by atoms with van der Waals surface area (Å²) in [5, 5.41) is 19.7. The first-order chi connectivity index (χ1) is 14.6. The quantitative estimate of drug-likeness (QED) is 0.390. The molecule has 4 aromatic rings. The van der Waals surface area contributed by atoms with E-state index in [0.717, 1.165) is 59.1 Å². The molecule has 4 heteroatoms. The van der Waals surface area contributed by atoms with Crippen LogP contribution in [0.4, 0.5) is 0 Å². The fourth-order valence-electron chi connectivity index (χ4n) is 4.47. The summed E-state index contributed by atoms with van der Waals surface area (Å²) in [7, 11) is 0. The van der Waals surface area contributed by atoms with Crippen molar-refractivity contribution in [3.8, 4) is 0 Å². The molecule has 4 nitrogen and oxygen atoms in total. The Balaban J connectivity index is 1.38. The molecule has 0 spiro atoms. The summed E-state index contributed by atoms with van der Waals surface area (Å²) in [5.41, 5.74) is 4.64. The van der Waals surface area contributed by atoms with Crippen LogP contribution in [0.1, 0.15) is 37.1 Å². The Morgan fingerprint density at radius 2 is 1.00 bits per heavy atom. The second-order valence-corrected chi connectivity index (χ2v) is 8.15. The van der Waals surface area contributed by atoms with Crippen LogP contribution in [0.3, 0.4) is 0 Å². The molecule has 0 aliphatic carbocycles. The number of fused-ring (bicyclic) bond motifs is 2. The van der Waals surface area contributed by atoms with E-state index in [-0.39, 0.29) is 0 Å². The smallest absolute Gasteiger partial charge is 0.0650 e. The molecule has 0 bridgehead atoms. The number of nitrogens with one attached hydrogen (secondary N) is 2. The Bertz CT molecular complexity index is 1210. The largest absolute Gasteiger partial charge is 0.345 e. The van der Waals surface area contributed by atoms with Gasteiger partial charge in [0.2, 0.25) is 0 Å². The highest BCUT2D eigenvalue weighted by Crippen LogP contribution is 2.16. The van der Waals surface area contributed by atoms with Crippen molar-refractivity contribution in [2.75, 3.05) is 0 Å². The van der Waals surface area contributed by atoms with Gasteiger partial charge in [-0.1, -0.05) is 49.2 Å². The van der Waals surface area contributed by atoms with Gasteiger partial charge in [0.25, 0.3) is 0 Å². The summed E-state index contributed by atoms with van der Waals surface area (Å²) >= 11 is 0. The van der Waals surface area contributed by atoms with E-state index in [2.05, 4.69) is 47.2 Å². The van der Waals surface area contributed by atoms with Crippen molar-refractivity contribution in [1.29, 1.82) is 10.8 Å². The second-order valence-electron chi connectivity index (χ2n) is 8.15. The van der Waals surface area contributed by atoms with Crippen molar-refractivity contribution in [1.82, 2.24) is 9.13 Å². The van der Waals surface area contributed by atoms with Crippen molar-refractivity contribution in [3.05, 3.63) is 82.8 Å². The normalized spacial score (nSPS) is 11.4. The maximum Gasteiger partial charge on any atom is 0.0650 e. The third-order valence-electron chi connectivity index (χ3n) is 6.04. The van der Waals surface area contributed by atoms with Crippen LogP contribution < -0.4 is 10.7 Å². The molecule has 2 N–H and O–H groups in total. The van der Waals surface area contributed by atoms with E-state index in [1.165, 1.54) is 12.8 Å². The lowest BCUT2D eigenvalue weighted by Crippen LogP contribution is -2.13. The zero-order valence-electron chi connectivity index (χ0n) is 17.9. The zero-order valence-corrected chi connectivity index (χ0v) is 17.9. The van der Waals surface area contributed by atoms with Gasteiger partial charge < -0.3 is 20.0 Å². The number of benzene rings is 2. The molecule has 0 saturated heterocycles. The van der Waals surface area contributed by atoms with Gasteiger partial charge in [0, 0.05) is 35.2 Å². The standard InChI is InChI=1S/C26H30N4/c1-19-17-23(27)21-11-5-7-13-25(21)29(19)15-9-3-4-10-16-30-20(2)18-24(28)22-12-6-8-14-26(22)30/h5-8,11-14,17-18,27-28H,3-4,9-10,15-16H2,1-2H3. The molecule has 0 amide bonds. The SMILES string of the molecule is Cc1cc(=N)c2ccccc2n1CCCCCCn1c(C)cc(=N)c2ccccc21. The third kappa shape index (κ3) is 3.95. The monoisotopic (exact) mass is 398 g/mol. The molecule has 0 radical (unpaired) electrons. The summed E-state index contributed by atoms with van der Waals surface area (Å²) in [4.78, 5) is 0. The lowest BCUT2D eigenvalue weighted by Gasteiger charge is -2.16. The van der Waals surface area contributed by atoms with E-state index < -0.39 is 0 Å². The topological polar surface area (TPSA) is 57.6 Å². The van der Waals surface area contributed by atoms with Crippen molar-refractivity contribution in [2.45, 2.75) is 52.6 Å². The van der Waals surface area contributed by atoms with Gasteiger partial charge >= 0.3 is 0 Å². The number of aryl methyl sites for hydroxylation is 4. The molecular weight excluding hydrogens is 368 g/mol. The molecule has 0 aliphatic heterocycles. The van der Waals surface area contributed by atoms with Gasteiger partial charge in [0.05, 0.1) is 21.7 Å². The predicted octanol–water partition coefficient (Wildman–Crippen LogP) is 5.43. The molecule has 0 atom stereocenters. The summed E-state index contributed by atoms with van der Waals surface area (Å²) in [5.74, 6) is 0. The first-order valence-electron chi connectivity index (χ1n) is 10.8. The van der Waals surface area contributed by atoms with E-state index in [1.807, 2.05) is 36.4 Å². The van der Waals surface area contributed by atoms with Gasteiger partial charge in [-0.05, 0) is 51.0 Å². The van der Waals surface area contributed by atoms with Crippen LogP contribution in [0.5, 0.6) is 0 Å². The maximum atomic E-state index is 8.21. The van der Waals surface area contributed by atoms with Gasteiger partial charge in [0.15, 0.2) is 0 Å². The Kier molecular flexibility index (Phi) is 5.84. The van der Waals surface area contributed by atoms with Crippen LogP contribution in [-0.4, -0.2) is 9.13 Å². The zero-order chi connectivity index (χ0) is 21.1. The van der Waals surface area contributed by atoms with Crippen LogP contribution in [-0.2, 0) is 13.1 Å². The number of unbranched alkanes of at least 4 members (excludes halogenated alkanes) is 3. The number of nitrogens with zero attached hydrogens (tertiary/aromatic N) is 2. The molecule has 0 fully saturated rings. The van der Waals surface area contributed by atoms with E-state index in [4.69, 9.17) is 10.8 Å². The van der Waals surface area contributed by atoms with E-state index in [1.54, 1.807) is 0 Å². The first-order valence-corrected chi connectivity index (χ1v) is 10.8. The minimum Gasteiger partial charge on any atom is -0.345 e. The number of rotatable bonds is 7. The van der Waals surface area contributed by atoms with Gasteiger partial charge in [-0.3, -0.25) is 0 Å². The van der Waals surface area contributed by atoms with E-state index in [0.29, 0.717) is 10.7 Å². The van der Waals surface area contributed by atoms with Crippen LogP contribution in [0.2, 0.25) is 0 Å². The summed E-state index contributed by atoms with van der Waals surface area (Å²) < 4.78 is 4.71. The summed E-state index contributed by atoms with van der Waals surface area (Å²) in [6.07, 6.45) is 4.67. The third-order valence-corrected chi connectivity index (χ3v) is 6.04. The molecule has 2 aromatic heterocycles. The highest BCUT2D eigenvalue weighted by Gasteiger charge is 2.06. The molecule has 30 heavy (non-hydrogen) atoms. The second kappa shape index (κ2) is 8.70. The van der Waals surface area contributed by atoms with Crippen molar-refractivity contribution in [3.63, 3.8) is 0 Å². The highest BCUT2D eigenvalue weighted by molar-refractivity contribution is 5.79. The van der Waals surface area contributed by atoms with Gasteiger partial charge in [-0.25, -0.2) is 0 Å². The highest BCUT2D eigenvalue weighted by atomic mass is 15.0. The fraction of sp³-hybridized carbons (Fsp3) is 0.308. The average molecular weight is 399 g/mol. The van der Waals surface area contributed by atoms with Crippen molar-refractivity contribution >= 4 is 21.8 Å². The number of hydrogen-bond donors (Lipinski definition) is 2. The maximum absolute atomic E-state index is 8.21. The molecule has 0 aliphatic rings. The lowest BCUT2D eigenvalue weighted by molar-refractivity contribution is 0.541. The Morgan fingerprint density at radius 3 is 1.43 bits per heavy atom. The molecular formula is C26H30N4. The molecule has 0 unspecified atom stereocenters. The molecule has 154 valence electrons. The number of aromatic nitrogens is 2. The molecule has 0 saturated carbocycles. The fourth-order valence-corrected chi connectivity index (χ4v) is 4.47. The van der Waals surface area contributed by atoms with Crippen LogP contribution >= 0.6 is 0 Å². The van der Waals surface area contributed by atoms with Crippen LogP contribution in [0, 0.1) is 24.7 Å². The number of hydrogen-bond acceptors (Lipinski definition) is 2. The molecule has 2 heterocycles. The minimum absolute atomic E-state index is 0.609. The van der Waals surface area contributed by atoms with E-state index >= 15 is 0 Å². The average Bonchev–Trinajstić information content (AvgIpc) is 2.74. The lowest BCUT2D eigenvalue weighted by atomic mass is 10.1. The van der Waals surface area contributed by atoms with Gasteiger partial charge in [0.1, 0.15) is 0 Å². The predicted molar refractivity (Wildman–Crippen MR) is 124 cm³/mol. The van der Waals surface area contributed by atoms with Gasteiger partial charge in [-0.2, -0.15) is 0 Å². The van der Waals surface area contributed by atoms with Gasteiger partial charge in [-0.15, -0.1) is 0 Å². The molecule has 2 aromatic carbocycles. The minimum atomic E-state index is 0.609.